The van der Waals surface area contributed by atoms with Gasteiger partial charge in [-0.2, -0.15) is 4.31 Å². The van der Waals surface area contributed by atoms with E-state index in [1.165, 1.54) is 11.4 Å². The maximum atomic E-state index is 11.9. The molecule has 0 aromatic heterocycles. The summed E-state index contributed by atoms with van der Waals surface area (Å²) in [6, 6.07) is 0. The van der Waals surface area contributed by atoms with Crippen LogP contribution in [0.15, 0.2) is 0 Å². The SMILES string of the molecule is CCCCS(=O)(=O)N1CCOC(C(=O)OC)C1. The number of esters is 1. The lowest BCUT2D eigenvalue weighted by molar-refractivity contribution is -0.157. The number of carbonyl (C=O) groups is 1. The first-order valence-corrected chi connectivity index (χ1v) is 7.29. The van der Waals surface area contributed by atoms with Gasteiger partial charge >= 0.3 is 5.97 Å². The molecule has 0 bridgehead atoms. The second-order valence-electron chi connectivity index (χ2n) is 3.91. The van der Waals surface area contributed by atoms with Gasteiger partial charge in [-0.25, -0.2) is 13.2 Å². The van der Waals surface area contributed by atoms with Crippen LogP contribution in [0.1, 0.15) is 19.8 Å². The molecule has 1 heterocycles. The van der Waals surface area contributed by atoms with E-state index in [1.54, 1.807) is 0 Å². The Hall–Kier alpha value is -0.660. The Labute approximate surface area is 102 Å². The van der Waals surface area contributed by atoms with Crippen LogP contribution in [0.25, 0.3) is 0 Å². The highest BCUT2D eigenvalue weighted by molar-refractivity contribution is 7.89. The molecule has 0 aromatic carbocycles. The summed E-state index contributed by atoms with van der Waals surface area (Å²) >= 11 is 0. The molecule has 0 aromatic rings. The zero-order chi connectivity index (χ0) is 12.9. The first-order valence-electron chi connectivity index (χ1n) is 5.68. The number of methoxy groups -OCH3 is 1. The lowest BCUT2D eigenvalue weighted by Crippen LogP contribution is -2.49. The third-order valence-corrected chi connectivity index (χ3v) is 4.57. The van der Waals surface area contributed by atoms with E-state index in [-0.39, 0.29) is 18.9 Å². The predicted molar refractivity (Wildman–Crippen MR) is 62.0 cm³/mol. The molecule has 1 rings (SSSR count). The fourth-order valence-corrected chi connectivity index (χ4v) is 3.24. The topological polar surface area (TPSA) is 72.9 Å². The van der Waals surface area contributed by atoms with Crippen molar-refractivity contribution >= 4 is 16.0 Å². The van der Waals surface area contributed by atoms with Crippen LogP contribution in [0.4, 0.5) is 0 Å². The Morgan fingerprint density at radius 1 is 1.53 bits per heavy atom. The van der Waals surface area contributed by atoms with Crippen molar-refractivity contribution in [2.75, 3.05) is 32.6 Å². The highest BCUT2D eigenvalue weighted by Crippen LogP contribution is 2.12. The van der Waals surface area contributed by atoms with Crippen LogP contribution in [-0.4, -0.2) is 57.4 Å². The van der Waals surface area contributed by atoms with Crippen molar-refractivity contribution in [3.8, 4) is 0 Å². The molecule has 0 amide bonds. The predicted octanol–water partition coefficient (Wildman–Crippen LogP) is -0.00990. The summed E-state index contributed by atoms with van der Waals surface area (Å²) in [5, 5.41) is 0. The van der Waals surface area contributed by atoms with E-state index in [0.717, 1.165) is 6.42 Å². The molecule has 0 N–H and O–H groups in total. The molecule has 17 heavy (non-hydrogen) atoms. The Kier molecular flexibility index (Phi) is 5.35. The summed E-state index contributed by atoms with van der Waals surface area (Å²) in [4.78, 5) is 11.3. The average molecular weight is 265 g/mol. The number of hydrogen-bond donors (Lipinski definition) is 0. The summed E-state index contributed by atoms with van der Waals surface area (Å²) in [5.74, 6) is -0.405. The zero-order valence-electron chi connectivity index (χ0n) is 10.2. The van der Waals surface area contributed by atoms with Gasteiger partial charge in [-0.1, -0.05) is 13.3 Å². The van der Waals surface area contributed by atoms with Gasteiger partial charge in [0.15, 0.2) is 6.10 Å². The second kappa shape index (κ2) is 6.32. The minimum atomic E-state index is -3.27. The van der Waals surface area contributed by atoms with Crippen LogP contribution >= 0.6 is 0 Å². The van der Waals surface area contributed by atoms with Gasteiger partial charge in [0.1, 0.15) is 0 Å². The van der Waals surface area contributed by atoms with Crippen molar-refractivity contribution in [1.82, 2.24) is 4.31 Å². The standard InChI is InChI=1S/C10H19NO5S/c1-3-4-7-17(13,14)11-5-6-16-9(8-11)10(12)15-2/h9H,3-8H2,1-2H3. The van der Waals surface area contributed by atoms with Crippen LogP contribution in [0, 0.1) is 0 Å². The Balaban J connectivity index is 2.63. The molecular formula is C10H19NO5S. The third kappa shape index (κ3) is 3.93. The summed E-state index contributed by atoms with van der Waals surface area (Å²) in [6.45, 7) is 2.52. The highest BCUT2D eigenvalue weighted by Gasteiger charge is 2.33. The minimum Gasteiger partial charge on any atom is -0.467 e. The molecule has 100 valence electrons. The lowest BCUT2D eigenvalue weighted by atomic mass is 10.3. The van der Waals surface area contributed by atoms with Gasteiger partial charge in [-0.3, -0.25) is 0 Å². The van der Waals surface area contributed by atoms with Crippen LogP contribution in [0.2, 0.25) is 0 Å². The van der Waals surface area contributed by atoms with Crippen molar-refractivity contribution < 1.29 is 22.7 Å². The van der Waals surface area contributed by atoms with E-state index < -0.39 is 22.1 Å². The van der Waals surface area contributed by atoms with Crippen LogP contribution in [0.3, 0.4) is 0 Å². The van der Waals surface area contributed by atoms with Crippen molar-refractivity contribution in [2.24, 2.45) is 0 Å². The molecular weight excluding hydrogens is 246 g/mol. The first kappa shape index (κ1) is 14.4. The fraction of sp³-hybridized carbons (Fsp3) is 0.900. The number of nitrogens with zero attached hydrogens (tertiary/aromatic N) is 1. The molecule has 0 saturated carbocycles. The van der Waals surface area contributed by atoms with Crippen molar-refractivity contribution in [2.45, 2.75) is 25.9 Å². The van der Waals surface area contributed by atoms with E-state index in [0.29, 0.717) is 13.0 Å². The van der Waals surface area contributed by atoms with Crippen LogP contribution < -0.4 is 0 Å². The summed E-state index contributed by atoms with van der Waals surface area (Å²) in [7, 11) is -2.01. The average Bonchev–Trinajstić information content (AvgIpc) is 2.35. The molecule has 0 spiro atoms. The van der Waals surface area contributed by atoms with Crippen molar-refractivity contribution in [1.29, 1.82) is 0 Å². The Morgan fingerprint density at radius 2 is 2.24 bits per heavy atom. The molecule has 1 aliphatic rings. The summed E-state index contributed by atoms with van der Waals surface area (Å²) in [6.07, 6.45) is 0.650. The van der Waals surface area contributed by atoms with E-state index in [9.17, 15) is 13.2 Å². The molecule has 1 saturated heterocycles. The van der Waals surface area contributed by atoms with Gasteiger partial charge in [0.25, 0.3) is 0 Å². The van der Waals surface area contributed by atoms with Gasteiger partial charge in [0.2, 0.25) is 10.0 Å². The third-order valence-electron chi connectivity index (χ3n) is 2.64. The fourth-order valence-electron chi connectivity index (χ4n) is 1.61. The highest BCUT2D eigenvalue weighted by atomic mass is 32.2. The van der Waals surface area contributed by atoms with E-state index in [1.807, 2.05) is 6.92 Å². The van der Waals surface area contributed by atoms with Crippen molar-refractivity contribution in [3.63, 3.8) is 0 Å². The van der Waals surface area contributed by atoms with Gasteiger partial charge in [0.05, 0.1) is 26.0 Å². The number of ether oxygens (including phenoxy) is 2. The van der Waals surface area contributed by atoms with Crippen molar-refractivity contribution in [3.05, 3.63) is 0 Å². The monoisotopic (exact) mass is 265 g/mol. The molecule has 1 aliphatic heterocycles. The number of sulfonamides is 1. The van der Waals surface area contributed by atoms with E-state index in [4.69, 9.17) is 4.74 Å². The van der Waals surface area contributed by atoms with Crippen LogP contribution in [-0.2, 0) is 24.3 Å². The summed E-state index contributed by atoms with van der Waals surface area (Å²) < 4.78 is 34.9. The van der Waals surface area contributed by atoms with Gasteiger partial charge in [0, 0.05) is 6.54 Å². The molecule has 0 radical (unpaired) electrons. The smallest absolute Gasteiger partial charge is 0.336 e. The molecule has 0 aliphatic carbocycles. The Morgan fingerprint density at radius 3 is 2.82 bits per heavy atom. The minimum absolute atomic E-state index is 0.0543. The normalized spacial score (nSPS) is 22.4. The second-order valence-corrected chi connectivity index (χ2v) is 6.00. The Bertz CT molecular complexity index is 354. The molecule has 1 unspecified atom stereocenters. The van der Waals surface area contributed by atoms with E-state index >= 15 is 0 Å². The molecule has 7 heteroatoms. The molecule has 6 nitrogen and oxygen atoms in total. The van der Waals surface area contributed by atoms with Gasteiger partial charge < -0.3 is 9.47 Å². The number of morpholine rings is 1. The largest absolute Gasteiger partial charge is 0.467 e. The number of rotatable bonds is 5. The maximum Gasteiger partial charge on any atom is 0.336 e. The number of hydrogen-bond acceptors (Lipinski definition) is 5. The van der Waals surface area contributed by atoms with E-state index in [2.05, 4.69) is 4.74 Å². The van der Waals surface area contributed by atoms with Gasteiger partial charge in [-0.05, 0) is 6.42 Å². The number of carbonyl (C=O) groups excluding carboxylic acids is 1. The zero-order valence-corrected chi connectivity index (χ0v) is 11.0. The maximum absolute atomic E-state index is 11.9. The lowest BCUT2D eigenvalue weighted by Gasteiger charge is -2.30. The van der Waals surface area contributed by atoms with Crippen LogP contribution in [0.5, 0.6) is 0 Å². The quantitative estimate of drug-likeness (QED) is 0.654. The molecule has 1 atom stereocenters. The number of unbranched alkanes of at least 4 members (excludes halogenated alkanes) is 1. The van der Waals surface area contributed by atoms with Gasteiger partial charge in [-0.15, -0.1) is 0 Å². The summed E-state index contributed by atoms with van der Waals surface area (Å²) in [5.41, 5.74) is 0. The first-order chi connectivity index (χ1) is 8.01. The molecule has 1 fully saturated rings.